The van der Waals surface area contributed by atoms with E-state index in [1.54, 1.807) is 6.07 Å². The third kappa shape index (κ3) is 2.87. The van der Waals surface area contributed by atoms with E-state index in [1.165, 1.54) is 0 Å². The van der Waals surface area contributed by atoms with Gasteiger partial charge in [0.15, 0.2) is 0 Å². The van der Waals surface area contributed by atoms with Gasteiger partial charge in [-0.1, -0.05) is 24.3 Å². The second-order valence-electron chi connectivity index (χ2n) is 5.06. The fraction of sp³-hybridized carbons (Fsp3) is 0.333. The Morgan fingerprint density at radius 2 is 2.00 bits per heavy atom. The molecule has 0 radical (unpaired) electrons. The third-order valence-corrected chi connectivity index (χ3v) is 3.54. The Balaban J connectivity index is 1.77. The molecule has 3 rings (SSSR count). The lowest BCUT2D eigenvalue weighted by molar-refractivity contribution is -0.102. The molecule has 21 heavy (non-hydrogen) atoms. The van der Waals surface area contributed by atoms with Crippen LogP contribution in [0.25, 0.3) is 10.9 Å². The van der Waals surface area contributed by atoms with Crippen molar-refractivity contribution < 1.29 is 19.7 Å². The van der Waals surface area contributed by atoms with E-state index in [0.29, 0.717) is 0 Å². The summed E-state index contributed by atoms with van der Waals surface area (Å²) in [5, 5.41) is 23.0. The van der Waals surface area contributed by atoms with Gasteiger partial charge in [0.2, 0.25) is 0 Å². The number of nitrogens with zero attached hydrogens (tertiary/aromatic N) is 1. The second-order valence-corrected chi connectivity index (χ2v) is 5.06. The summed E-state index contributed by atoms with van der Waals surface area (Å²) < 4.78 is 5.13. The highest BCUT2D eigenvalue weighted by molar-refractivity contribution is 5.95. The molecule has 3 N–H and O–H groups in total. The van der Waals surface area contributed by atoms with Crippen molar-refractivity contribution in [1.82, 2.24) is 10.3 Å². The molecule has 1 aliphatic rings. The molecule has 0 aliphatic carbocycles. The molecule has 6 nitrogen and oxygen atoms in total. The van der Waals surface area contributed by atoms with Gasteiger partial charge in [0.1, 0.15) is 17.9 Å². The first kappa shape index (κ1) is 13.9. The van der Waals surface area contributed by atoms with Gasteiger partial charge in [-0.2, -0.15) is 0 Å². The first-order valence-electron chi connectivity index (χ1n) is 6.75. The lowest BCUT2D eigenvalue weighted by atomic mass is 10.0. The van der Waals surface area contributed by atoms with E-state index in [9.17, 15) is 15.0 Å². The van der Waals surface area contributed by atoms with Crippen LogP contribution in [0.5, 0.6) is 0 Å². The Morgan fingerprint density at radius 3 is 2.86 bits per heavy atom. The maximum atomic E-state index is 12.2. The van der Waals surface area contributed by atoms with Gasteiger partial charge in [-0.3, -0.25) is 4.79 Å². The first-order chi connectivity index (χ1) is 10.1. The Kier molecular flexibility index (Phi) is 3.83. The summed E-state index contributed by atoms with van der Waals surface area (Å²) in [7, 11) is 0. The molecule has 3 atom stereocenters. The van der Waals surface area contributed by atoms with Crippen LogP contribution in [-0.4, -0.2) is 52.6 Å². The highest BCUT2D eigenvalue weighted by Gasteiger charge is 2.32. The molecule has 2 aromatic rings. The standard InChI is InChI=1S/C15H16N2O4/c18-13-8-21-7-12(14(13)19)17-15(20)11-6-5-9-3-1-2-4-10(9)16-11/h1-6,12-14,18-19H,7-8H2,(H,17,20)/t12-,13-,14+/m1/s1. The number of aromatic nitrogens is 1. The first-order valence-corrected chi connectivity index (χ1v) is 6.75. The lowest BCUT2D eigenvalue weighted by Gasteiger charge is -2.32. The number of ether oxygens (including phenoxy) is 1. The zero-order chi connectivity index (χ0) is 14.8. The molecule has 1 saturated heterocycles. The molecule has 1 aromatic carbocycles. The van der Waals surface area contributed by atoms with Crippen LogP contribution in [-0.2, 0) is 4.74 Å². The van der Waals surface area contributed by atoms with Crippen molar-refractivity contribution in [3.05, 3.63) is 42.1 Å². The van der Waals surface area contributed by atoms with E-state index in [4.69, 9.17) is 4.74 Å². The summed E-state index contributed by atoms with van der Waals surface area (Å²) in [6.45, 7) is 0.235. The Morgan fingerprint density at radius 1 is 1.19 bits per heavy atom. The predicted molar refractivity (Wildman–Crippen MR) is 75.8 cm³/mol. The Bertz CT molecular complexity index is 661. The Hall–Kier alpha value is -2.02. The zero-order valence-corrected chi connectivity index (χ0v) is 11.3. The smallest absolute Gasteiger partial charge is 0.270 e. The van der Waals surface area contributed by atoms with E-state index < -0.39 is 24.2 Å². The van der Waals surface area contributed by atoms with Crippen LogP contribution in [0.3, 0.4) is 0 Å². The monoisotopic (exact) mass is 288 g/mol. The number of hydrogen-bond donors (Lipinski definition) is 3. The lowest BCUT2D eigenvalue weighted by Crippen LogP contribution is -2.55. The number of nitrogens with one attached hydrogen (secondary N) is 1. The number of carbonyl (C=O) groups excluding carboxylic acids is 1. The van der Waals surface area contributed by atoms with Crippen molar-refractivity contribution in [3.8, 4) is 0 Å². The van der Waals surface area contributed by atoms with Gasteiger partial charge in [0.25, 0.3) is 5.91 Å². The molecule has 1 fully saturated rings. The van der Waals surface area contributed by atoms with E-state index in [2.05, 4.69) is 10.3 Å². The van der Waals surface area contributed by atoms with Gasteiger partial charge in [-0.15, -0.1) is 0 Å². The maximum absolute atomic E-state index is 12.2. The second kappa shape index (κ2) is 5.77. The van der Waals surface area contributed by atoms with Crippen LogP contribution in [0, 0.1) is 0 Å². The number of para-hydroxylation sites is 1. The largest absolute Gasteiger partial charge is 0.388 e. The highest BCUT2D eigenvalue weighted by Crippen LogP contribution is 2.13. The molecule has 0 unspecified atom stereocenters. The fourth-order valence-electron chi connectivity index (χ4n) is 2.34. The SMILES string of the molecule is O=C(N[C@@H]1COC[C@@H](O)[C@H]1O)c1ccc2ccccc2n1. The van der Waals surface area contributed by atoms with Crippen LogP contribution in [0.1, 0.15) is 10.5 Å². The van der Waals surface area contributed by atoms with Crippen LogP contribution in [0.4, 0.5) is 0 Å². The zero-order valence-electron chi connectivity index (χ0n) is 11.3. The predicted octanol–water partition coefficient (Wildman–Crippen LogP) is 0.0852. The summed E-state index contributed by atoms with van der Waals surface area (Å²) >= 11 is 0. The number of aliphatic hydroxyl groups excluding tert-OH is 2. The van der Waals surface area contributed by atoms with Crippen molar-refractivity contribution in [2.24, 2.45) is 0 Å². The van der Waals surface area contributed by atoms with Crippen molar-refractivity contribution in [1.29, 1.82) is 0 Å². The minimum Gasteiger partial charge on any atom is -0.388 e. The number of carbonyl (C=O) groups is 1. The molecular formula is C15H16N2O4. The number of aliphatic hydroxyl groups is 2. The van der Waals surface area contributed by atoms with Gasteiger partial charge in [0, 0.05) is 5.39 Å². The van der Waals surface area contributed by atoms with Gasteiger partial charge in [-0.05, 0) is 12.1 Å². The number of fused-ring (bicyclic) bond motifs is 1. The molecule has 0 saturated carbocycles. The summed E-state index contributed by atoms with van der Waals surface area (Å²) in [5.74, 6) is -0.400. The molecule has 1 aliphatic heterocycles. The summed E-state index contributed by atoms with van der Waals surface area (Å²) in [6, 6.07) is 10.3. The maximum Gasteiger partial charge on any atom is 0.270 e. The van der Waals surface area contributed by atoms with Gasteiger partial charge >= 0.3 is 0 Å². The van der Waals surface area contributed by atoms with E-state index >= 15 is 0 Å². The molecule has 110 valence electrons. The average molecular weight is 288 g/mol. The molecule has 0 bridgehead atoms. The van der Waals surface area contributed by atoms with Gasteiger partial charge in [-0.25, -0.2) is 4.98 Å². The van der Waals surface area contributed by atoms with Crippen molar-refractivity contribution >= 4 is 16.8 Å². The van der Waals surface area contributed by atoms with Crippen molar-refractivity contribution in [2.45, 2.75) is 18.2 Å². The number of amides is 1. The summed E-state index contributed by atoms with van der Waals surface area (Å²) in [6.07, 6.45) is -2.03. The molecular weight excluding hydrogens is 272 g/mol. The van der Waals surface area contributed by atoms with Crippen molar-refractivity contribution in [3.63, 3.8) is 0 Å². The van der Waals surface area contributed by atoms with Gasteiger partial charge < -0.3 is 20.3 Å². The summed E-state index contributed by atoms with van der Waals surface area (Å²) in [5.41, 5.74) is 0.992. The molecule has 6 heteroatoms. The van der Waals surface area contributed by atoms with E-state index in [0.717, 1.165) is 10.9 Å². The highest BCUT2D eigenvalue weighted by atomic mass is 16.5. The van der Waals surface area contributed by atoms with Gasteiger partial charge in [0.05, 0.1) is 24.8 Å². The van der Waals surface area contributed by atoms with Crippen molar-refractivity contribution in [2.75, 3.05) is 13.2 Å². The Labute approximate surface area is 121 Å². The van der Waals surface area contributed by atoms with Crippen LogP contribution >= 0.6 is 0 Å². The normalized spacial score (nSPS) is 25.7. The average Bonchev–Trinajstić information content (AvgIpc) is 2.51. The molecule has 1 amide bonds. The van der Waals surface area contributed by atoms with E-state index in [-0.39, 0.29) is 18.9 Å². The third-order valence-electron chi connectivity index (χ3n) is 3.54. The number of hydrogen-bond acceptors (Lipinski definition) is 5. The van der Waals surface area contributed by atoms with Crippen LogP contribution < -0.4 is 5.32 Å². The minimum absolute atomic E-state index is 0.0712. The molecule has 0 spiro atoms. The number of benzene rings is 1. The molecule has 2 heterocycles. The minimum atomic E-state index is -1.04. The fourth-order valence-corrected chi connectivity index (χ4v) is 2.34. The van der Waals surface area contributed by atoms with E-state index in [1.807, 2.05) is 30.3 Å². The quantitative estimate of drug-likeness (QED) is 0.728. The summed E-state index contributed by atoms with van der Waals surface area (Å²) in [4.78, 5) is 16.5. The number of pyridine rings is 1. The number of rotatable bonds is 2. The topological polar surface area (TPSA) is 91.7 Å². The molecule has 1 aromatic heterocycles. The van der Waals surface area contributed by atoms with Crippen LogP contribution in [0.2, 0.25) is 0 Å². The van der Waals surface area contributed by atoms with Crippen LogP contribution in [0.15, 0.2) is 36.4 Å².